The van der Waals surface area contributed by atoms with E-state index in [1.165, 1.54) is 21.9 Å². The van der Waals surface area contributed by atoms with Gasteiger partial charge in [-0.15, -0.1) is 11.3 Å². The van der Waals surface area contributed by atoms with Crippen LogP contribution in [0.4, 0.5) is 0 Å². The van der Waals surface area contributed by atoms with Crippen molar-refractivity contribution in [1.82, 2.24) is 4.72 Å². The highest BCUT2D eigenvalue weighted by Crippen LogP contribution is 2.71. The van der Waals surface area contributed by atoms with Crippen LogP contribution in [0.5, 0.6) is 0 Å². The zero-order valence-electron chi connectivity index (χ0n) is 27.8. The van der Waals surface area contributed by atoms with Crippen molar-refractivity contribution in [2.75, 3.05) is 6.54 Å². The van der Waals surface area contributed by atoms with Crippen molar-refractivity contribution < 1.29 is 10.2 Å². The van der Waals surface area contributed by atoms with E-state index in [-0.39, 0.29) is 44.7 Å². The monoisotopic (exact) mass is 616 g/mol. The van der Waals surface area contributed by atoms with Gasteiger partial charge in [-0.3, -0.25) is 9.71 Å². The molecule has 4 fully saturated rings. The Morgan fingerprint density at radius 1 is 1.12 bits per heavy atom. The molecule has 5 unspecified atom stereocenters. The minimum atomic E-state index is -0.267. The average Bonchev–Trinajstić information content (AvgIpc) is 3.56. The summed E-state index contributed by atoms with van der Waals surface area (Å²) in [5.74, 6) is 2.55. The van der Waals surface area contributed by atoms with Crippen LogP contribution in [0, 0.1) is 46.3 Å². The highest BCUT2D eigenvalue weighted by atomic mass is 32.2. The standard InChI is InChI=1S/C36H60N2O2S2/c1-10-25-28-22-24(39)14-18-34(28,7)26-15-19-35(8)27(31(26)32(25)40)16-20-36(35,37-9)23(3)17-21-38-42(11-2)30-13-12-29(41-30)33(4,5)6/h11-13,23-28,31-32,38-40H,9-10,14-22H2,1-8H3/t23-,24-,25-,26?,27+,28+,31?,32-,34-,35?,36?,42?/m1/s1. The Morgan fingerprint density at radius 3 is 2.45 bits per heavy atom. The van der Waals surface area contributed by atoms with Crippen molar-refractivity contribution in [3.63, 3.8) is 0 Å². The van der Waals surface area contributed by atoms with Crippen molar-refractivity contribution in [2.24, 2.45) is 51.3 Å². The number of nitrogens with zero attached hydrogens (tertiary/aromatic N) is 1. The Kier molecular flexibility index (Phi) is 9.39. The third-order valence-electron chi connectivity index (χ3n) is 13.3. The van der Waals surface area contributed by atoms with Crippen LogP contribution in [0.3, 0.4) is 0 Å². The molecule has 5 rings (SSSR count). The van der Waals surface area contributed by atoms with E-state index in [2.05, 4.69) is 84.3 Å². The van der Waals surface area contributed by atoms with E-state index in [9.17, 15) is 10.2 Å². The lowest BCUT2D eigenvalue weighted by atomic mass is 9.41. The van der Waals surface area contributed by atoms with Gasteiger partial charge in [0, 0.05) is 11.4 Å². The van der Waals surface area contributed by atoms with Crippen LogP contribution in [-0.2, 0) is 5.41 Å². The van der Waals surface area contributed by atoms with E-state index >= 15 is 0 Å². The summed E-state index contributed by atoms with van der Waals surface area (Å²) in [4.78, 5) is 6.54. The van der Waals surface area contributed by atoms with Crippen LogP contribution in [0.25, 0.3) is 0 Å². The summed E-state index contributed by atoms with van der Waals surface area (Å²) < 4.78 is 5.32. The number of fused-ring (bicyclic) bond motifs is 5. The first kappa shape index (κ1) is 32.9. The molecule has 0 aromatic carbocycles. The summed E-state index contributed by atoms with van der Waals surface area (Å²) in [5, 5.41) is 25.0. The van der Waals surface area contributed by atoms with Gasteiger partial charge < -0.3 is 10.2 Å². The average molecular weight is 617 g/mol. The normalized spacial score (nSPS) is 43.3. The van der Waals surface area contributed by atoms with Gasteiger partial charge in [0.1, 0.15) is 0 Å². The molecule has 0 spiro atoms. The van der Waals surface area contributed by atoms with Crippen molar-refractivity contribution in [3.05, 3.63) is 17.0 Å². The molecule has 42 heavy (non-hydrogen) atoms. The molecule has 0 amide bonds. The smallest absolute Gasteiger partial charge is 0.0683 e. The van der Waals surface area contributed by atoms with Crippen molar-refractivity contribution in [2.45, 2.75) is 141 Å². The topological polar surface area (TPSA) is 64.9 Å². The second-order valence-electron chi connectivity index (χ2n) is 16.0. The van der Waals surface area contributed by atoms with E-state index in [4.69, 9.17) is 4.99 Å². The van der Waals surface area contributed by atoms with E-state index in [0.29, 0.717) is 35.5 Å². The van der Waals surface area contributed by atoms with Gasteiger partial charge in [-0.1, -0.05) is 65.6 Å². The number of hydrogen-bond donors (Lipinski definition) is 3. The van der Waals surface area contributed by atoms with E-state index in [1.807, 2.05) is 11.3 Å². The SMILES string of the molecule is C=NC1([C@H](C)CCN/S(=C/C)c2ccc(C(C)(C)C)s2)CC[C@H]2C3C(CCC21C)[C@@]1(C)CC[C@@H](O)C[C@H]1[C@@H](CC)[C@H]3O. The number of aliphatic imine (C=N–C) groups is 1. The second kappa shape index (κ2) is 12.0. The summed E-state index contributed by atoms with van der Waals surface area (Å²) >= 11 is 1.95. The number of rotatable bonds is 8. The Balaban J connectivity index is 1.33. The molecule has 0 aliphatic heterocycles. The number of nitrogens with one attached hydrogen (secondary N) is 1. The predicted molar refractivity (Wildman–Crippen MR) is 183 cm³/mol. The summed E-state index contributed by atoms with van der Waals surface area (Å²) in [7, 11) is -0.0411. The number of hydrogen-bond acceptors (Lipinski definition) is 5. The van der Waals surface area contributed by atoms with Gasteiger partial charge in [0.15, 0.2) is 0 Å². The van der Waals surface area contributed by atoms with Gasteiger partial charge in [-0.25, -0.2) is 0 Å². The fourth-order valence-electron chi connectivity index (χ4n) is 11.0. The summed E-state index contributed by atoms with van der Waals surface area (Å²) in [5.41, 5.74) is 0.354. The lowest BCUT2D eigenvalue weighted by Crippen LogP contribution is -2.63. The summed E-state index contributed by atoms with van der Waals surface area (Å²) in [6.07, 6.45) is 9.15. The fraction of sp³-hybridized carbons (Fsp3) is 0.833. The maximum Gasteiger partial charge on any atom is 0.0683 e. The number of aliphatic hydroxyl groups excluding tert-OH is 2. The van der Waals surface area contributed by atoms with Gasteiger partial charge in [0.2, 0.25) is 0 Å². The third kappa shape index (κ3) is 5.15. The van der Waals surface area contributed by atoms with Gasteiger partial charge in [-0.05, 0) is 134 Å². The van der Waals surface area contributed by atoms with E-state index in [0.717, 1.165) is 51.5 Å². The zero-order chi connectivity index (χ0) is 30.7. The fourth-order valence-corrected chi connectivity index (χ4v) is 14.0. The highest BCUT2D eigenvalue weighted by molar-refractivity contribution is 8.14. The minimum Gasteiger partial charge on any atom is -0.393 e. The Morgan fingerprint density at radius 2 is 1.83 bits per heavy atom. The van der Waals surface area contributed by atoms with Crippen molar-refractivity contribution in [1.29, 1.82) is 0 Å². The van der Waals surface area contributed by atoms with Crippen LogP contribution >= 0.6 is 22.0 Å². The summed E-state index contributed by atoms with van der Waals surface area (Å²) in [6.45, 7) is 24.1. The first-order valence-corrected chi connectivity index (χ1v) is 19.1. The molecule has 238 valence electrons. The Labute approximate surface area is 263 Å². The first-order chi connectivity index (χ1) is 19.8. The molecular formula is C36H60N2O2S2. The molecule has 0 saturated heterocycles. The maximum absolute atomic E-state index is 12.1. The molecule has 0 radical (unpaired) electrons. The second-order valence-corrected chi connectivity index (χ2v) is 19.2. The largest absolute Gasteiger partial charge is 0.393 e. The van der Waals surface area contributed by atoms with Gasteiger partial charge in [0.05, 0.1) is 22.0 Å². The molecule has 1 aromatic rings. The molecule has 4 aliphatic carbocycles. The molecule has 1 aromatic heterocycles. The van der Waals surface area contributed by atoms with Crippen LogP contribution in [-0.4, -0.2) is 46.6 Å². The first-order valence-electron chi connectivity index (χ1n) is 17.0. The molecule has 12 atom stereocenters. The van der Waals surface area contributed by atoms with Crippen molar-refractivity contribution in [3.8, 4) is 0 Å². The van der Waals surface area contributed by atoms with E-state index in [1.54, 1.807) is 0 Å². The van der Waals surface area contributed by atoms with Gasteiger partial charge in [0.25, 0.3) is 0 Å². The van der Waals surface area contributed by atoms with Crippen LogP contribution < -0.4 is 4.72 Å². The summed E-state index contributed by atoms with van der Waals surface area (Å²) in [6, 6.07) is 4.62. The van der Waals surface area contributed by atoms with Gasteiger partial charge >= 0.3 is 0 Å². The van der Waals surface area contributed by atoms with Crippen LogP contribution in [0.15, 0.2) is 21.3 Å². The lowest BCUT2D eigenvalue weighted by molar-refractivity contribution is -0.204. The molecule has 0 bridgehead atoms. The third-order valence-corrected chi connectivity index (χ3v) is 17.0. The molecule has 4 saturated carbocycles. The molecule has 4 aliphatic rings. The Hall–Kier alpha value is -0.530. The maximum atomic E-state index is 12.1. The number of aliphatic hydroxyl groups is 2. The molecule has 1 heterocycles. The predicted octanol–water partition coefficient (Wildman–Crippen LogP) is 8.48. The Bertz CT molecular complexity index is 1160. The molecule has 6 heteroatoms. The van der Waals surface area contributed by atoms with Crippen LogP contribution in [0.1, 0.15) is 118 Å². The van der Waals surface area contributed by atoms with Gasteiger partial charge in [-0.2, -0.15) is 0 Å². The minimum absolute atomic E-state index is 0.0411. The molecule has 3 N–H and O–H groups in total. The zero-order valence-corrected chi connectivity index (χ0v) is 29.4. The quantitative estimate of drug-likeness (QED) is 0.203. The molecular weight excluding hydrogens is 557 g/mol. The van der Waals surface area contributed by atoms with E-state index < -0.39 is 0 Å². The lowest BCUT2D eigenvalue weighted by Gasteiger charge is -2.65. The highest BCUT2D eigenvalue weighted by Gasteiger charge is 2.68. The van der Waals surface area contributed by atoms with Crippen LogP contribution in [0.2, 0.25) is 0 Å². The van der Waals surface area contributed by atoms with Crippen molar-refractivity contribution >= 4 is 34.1 Å². The number of thiophene rings is 1. The molecule has 4 nitrogen and oxygen atoms in total.